The van der Waals surface area contributed by atoms with Gasteiger partial charge >= 0.3 is 0 Å². The van der Waals surface area contributed by atoms with Crippen LogP contribution in [0.4, 0.5) is 5.69 Å². The normalized spacial score (nSPS) is 10.4. The molecule has 0 unspecified atom stereocenters. The number of nitrogens with two attached hydrogens (primary N) is 1. The van der Waals surface area contributed by atoms with Gasteiger partial charge in [0.15, 0.2) is 0 Å². The number of anilines is 1. The van der Waals surface area contributed by atoms with Gasteiger partial charge in [0.2, 0.25) is 0 Å². The standard InChI is InChI=1S/C11H13N3/c1-8-7-13-11(14-8)6-9-4-2-3-5-10(9)12/h2-5,7H,6,12H2,1H3,(H,13,14). The van der Waals surface area contributed by atoms with Gasteiger partial charge in [-0.2, -0.15) is 0 Å². The van der Waals surface area contributed by atoms with Gasteiger partial charge in [-0.15, -0.1) is 0 Å². The molecular weight excluding hydrogens is 174 g/mol. The van der Waals surface area contributed by atoms with E-state index in [1.807, 2.05) is 37.4 Å². The van der Waals surface area contributed by atoms with E-state index < -0.39 is 0 Å². The highest BCUT2D eigenvalue weighted by molar-refractivity contribution is 5.47. The van der Waals surface area contributed by atoms with E-state index in [2.05, 4.69) is 9.97 Å². The van der Waals surface area contributed by atoms with E-state index in [1.54, 1.807) is 0 Å². The molecule has 0 saturated carbocycles. The summed E-state index contributed by atoms with van der Waals surface area (Å²) in [7, 11) is 0. The molecule has 72 valence electrons. The summed E-state index contributed by atoms with van der Waals surface area (Å²) in [6.07, 6.45) is 2.59. The van der Waals surface area contributed by atoms with Gasteiger partial charge in [0.1, 0.15) is 5.82 Å². The van der Waals surface area contributed by atoms with Gasteiger partial charge in [0, 0.05) is 24.0 Å². The molecule has 0 fully saturated rings. The van der Waals surface area contributed by atoms with Crippen LogP contribution in [0.2, 0.25) is 0 Å². The van der Waals surface area contributed by atoms with E-state index >= 15 is 0 Å². The summed E-state index contributed by atoms with van der Waals surface area (Å²) in [5.74, 6) is 0.959. The number of aromatic amines is 1. The molecule has 14 heavy (non-hydrogen) atoms. The summed E-state index contributed by atoms with van der Waals surface area (Å²) < 4.78 is 0. The Kier molecular flexibility index (Phi) is 2.23. The molecule has 0 bridgehead atoms. The van der Waals surface area contributed by atoms with E-state index in [9.17, 15) is 0 Å². The average molecular weight is 187 g/mol. The zero-order valence-electron chi connectivity index (χ0n) is 8.12. The number of para-hydroxylation sites is 1. The number of hydrogen-bond acceptors (Lipinski definition) is 2. The zero-order chi connectivity index (χ0) is 9.97. The molecule has 1 heterocycles. The third-order valence-electron chi connectivity index (χ3n) is 2.17. The Hall–Kier alpha value is -1.77. The lowest BCUT2D eigenvalue weighted by molar-refractivity contribution is 1.02. The van der Waals surface area contributed by atoms with E-state index in [0.717, 1.165) is 29.2 Å². The smallest absolute Gasteiger partial charge is 0.110 e. The molecular formula is C11H13N3. The number of nitrogen functional groups attached to an aromatic ring is 1. The molecule has 3 N–H and O–H groups in total. The molecule has 0 atom stereocenters. The number of rotatable bonds is 2. The Morgan fingerprint density at radius 1 is 1.36 bits per heavy atom. The molecule has 0 radical (unpaired) electrons. The molecule has 1 aromatic carbocycles. The molecule has 0 aliphatic heterocycles. The number of hydrogen-bond donors (Lipinski definition) is 2. The Labute approximate surface area is 83.0 Å². The maximum Gasteiger partial charge on any atom is 0.110 e. The monoisotopic (exact) mass is 187 g/mol. The van der Waals surface area contributed by atoms with E-state index in [1.165, 1.54) is 0 Å². The predicted molar refractivity (Wildman–Crippen MR) is 57.0 cm³/mol. The van der Waals surface area contributed by atoms with Crippen molar-refractivity contribution in [3.63, 3.8) is 0 Å². The van der Waals surface area contributed by atoms with Crippen LogP contribution in [0.1, 0.15) is 17.1 Å². The van der Waals surface area contributed by atoms with Crippen LogP contribution in [0.5, 0.6) is 0 Å². The fraction of sp³-hybridized carbons (Fsp3) is 0.182. The predicted octanol–water partition coefficient (Wildman–Crippen LogP) is 1.89. The minimum atomic E-state index is 0.764. The topological polar surface area (TPSA) is 54.7 Å². The molecule has 1 aromatic heterocycles. The Morgan fingerprint density at radius 3 is 2.79 bits per heavy atom. The second kappa shape index (κ2) is 3.54. The fourth-order valence-corrected chi connectivity index (χ4v) is 1.43. The number of H-pyrrole nitrogens is 1. The number of benzene rings is 1. The first kappa shape index (κ1) is 8.81. The van der Waals surface area contributed by atoms with Crippen molar-refractivity contribution in [3.05, 3.63) is 47.5 Å². The average Bonchev–Trinajstić information content (AvgIpc) is 2.56. The highest BCUT2D eigenvalue weighted by Crippen LogP contribution is 2.13. The van der Waals surface area contributed by atoms with Gasteiger partial charge in [-0.25, -0.2) is 4.98 Å². The van der Waals surface area contributed by atoms with Gasteiger partial charge in [0.05, 0.1) is 0 Å². The largest absolute Gasteiger partial charge is 0.398 e. The first-order valence-electron chi connectivity index (χ1n) is 4.59. The van der Waals surface area contributed by atoms with Crippen molar-refractivity contribution in [2.75, 3.05) is 5.73 Å². The molecule has 3 heteroatoms. The lowest BCUT2D eigenvalue weighted by atomic mass is 10.1. The van der Waals surface area contributed by atoms with Crippen molar-refractivity contribution >= 4 is 5.69 Å². The van der Waals surface area contributed by atoms with Crippen LogP contribution in [0.3, 0.4) is 0 Å². The SMILES string of the molecule is Cc1cnc(Cc2ccccc2N)[nH]1. The summed E-state index contributed by atoms with van der Waals surface area (Å²) in [5.41, 5.74) is 8.85. The van der Waals surface area contributed by atoms with Crippen molar-refractivity contribution in [2.45, 2.75) is 13.3 Å². The molecule has 0 amide bonds. The van der Waals surface area contributed by atoms with Crippen molar-refractivity contribution in [1.82, 2.24) is 9.97 Å². The van der Waals surface area contributed by atoms with Crippen molar-refractivity contribution < 1.29 is 0 Å². The van der Waals surface area contributed by atoms with E-state index in [4.69, 9.17) is 5.73 Å². The number of nitrogens with one attached hydrogen (secondary N) is 1. The summed E-state index contributed by atoms with van der Waals surface area (Å²) >= 11 is 0. The third-order valence-corrected chi connectivity index (χ3v) is 2.17. The van der Waals surface area contributed by atoms with Gasteiger partial charge in [-0.1, -0.05) is 18.2 Å². The maximum atomic E-state index is 5.83. The lowest BCUT2D eigenvalue weighted by Gasteiger charge is -2.02. The minimum absolute atomic E-state index is 0.764. The number of aromatic nitrogens is 2. The van der Waals surface area contributed by atoms with Crippen LogP contribution in [0.25, 0.3) is 0 Å². The van der Waals surface area contributed by atoms with Crippen molar-refractivity contribution in [2.24, 2.45) is 0 Å². The lowest BCUT2D eigenvalue weighted by Crippen LogP contribution is -1.96. The molecule has 0 aliphatic carbocycles. The van der Waals surface area contributed by atoms with Crippen molar-refractivity contribution in [3.8, 4) is 0 Å². The molecule has 0 spiro atoms. The van der Waals surface area contributed by atoms with Crippen LogP contribution in [-0.4, -0.2) is 9.97 Å². The fourth-order valence-electron chi connectivity index (χ4n) is 1.43. The second-order valence-electron chi connectivity index (χ2n) is 3.39. The summed E-state index contributed by atoms with van der Waals surface area (Å²) in [4.78, 5) is 7.43. The Balaban J connectivity index is 2.23. The highest BCUT2D eigenvalue weighted by atomic mass is 14.9. The van der Waals surface area contributed by atoms with Crippen LogP contribution >= 0.6 is 0 Å². The van der Waals surface area contributed by atoms with Crippen LogP contribution in [-0.2, 0) is 6.42 Å². The van der Waals surface area contributed by atoms with Crippen LogP contribution in [0, 0.1) is 6.92 Å². The van der Waals surface area contributed by atoms with Crippen LogP contribution < -0.4 is 5.73 Å². The number of aryl methyl sites for hydroxylation is 1. The van der Waals surface area contributed by atoms with Gasteiger partial charge in [-0.05, 0) is 18.6 Å². The summed E-state index contributed by atoms with van der Waals surface area (Å²) in [6.45, 7) is 1.99. The molecule has 2 aromatic rings. The van der Waals surface area contributed by atoms with E-state index in [-0.39, 0.29) is 0 Å². The first-order chi connectivity index (χ1) is 6.75. The van der Waals surface area contributed by atoms with Crippen LogP contribution in [0.15, 0.2) is 30.5 Å². The number of imidazole rings is 1. The van der Waals surface area contributed by atoms with Gasteiger partial charge < -0.3 is 10.7 Å². The molecule has 2 rings (SSSR count). The number of nitrogens with zero attached hydrogens (tertiary/aromatic N) is 1. The molecule has 3 nitrogen and oxygen atoms in total. The zero-order valence-corrected chi connectivity index (χ0v) is 8.12. The quantitative estimate of drug-likeness (QED) is 0.705. The van der Waals surface area contributed by atoms with Crippen molar-refractivity contribution in [1.29, 1.82) is 0 Å². The first-order valence-corrected chi connectivity index (χ1v) is 4.59. The maximum absolute atomic E-state index is 5.83. The Morgan fingerprint density at radius 2 is 2.14 bits per heavy atom. The Bertz CT molecular complexity index is 432. The highest BCUT2D eigenvalue weighted by Gasteiger charge is 2.02. The van der Waals surface area contributed by atoms with Gasteiger partial charge in [-0.3, -0.25) is 0 Å². The second-order valence-corrected chi connectivity index (χ2v) is 3.39. The minimum Gasteiger partial charge on any atom is -0.398 e. The summed E-state index contributed by atoms with van der Waals surface area (Å²) in [5, 5.41) is 0. The van der Waals surface area contributed by atoms with Gasteiger partial charge in [0.25, 0.3) is 0 Å². The molecule has 0 saturated heterocycles. The summed E-state index contributed by atoms with van der Waals surface area (Å²) in [6, 6.07) is 7.85. The van der Waals surface area contributed by atoms with E-state index in [0.29, 0.717) is 0 Å². The molecule has 0 aliphatic rings. The third kappa shape index (κ3) is 1.76.